The molecule has 15 heteroatoms. The molecule has 2 aromatic rings. The van der Waals surface area contributed by atoms with Gasteiger partial charge >= 0.3 is 12.2 Å². The molecule has 2 aromatic carbocycles. The number of amides is 4. The van der Waals surface area contributed by atoms with Crippen LogP contribution in [0.25, 0.3) is 0 Å². The fraction of sp³-hybridized carbons (Fsp3) is 0.349. The number of carbonyl (C=O) groups is 4. The molecule has 2 heterocycles. The van der Waals surface area contributed by atoms with E-state index >= 15 is 0 Å². The Morgan fingerprint density at radius 2 is 1.21 bits per heavy atom. The second kappa shape index (κ2) is 21.8. The van der Waals surface area contributed by atoms with Gasteiger partial charge in [0.2, 0.25) is 0 Å². The van der Waals surface area contributed by atoms with Crippen LogP contribution in [0, 0.1) is 6.92 Å². The van der Waals surface area contributed by atoms with Crippen LogP contribution in [0.1, 0.15) is 59.4 Å². The number of hydrogen-bond acceptors (Lipinski definition) is 11. The van der Waals surface area contributed by atoms with Crippen LogP contribution in [-0.4, -0.2) is 103 Å². The maximum atomic E-state index is 13.9. The number of allylic oxidation sites excluding steroid dienone is 4. The van der Waals surface area contributed by atoms with Crippen LogP contribution < -0.4 is 24.8 Å². The predicted octanol–water partition coefficient (Wildman–Crippen LogP) is 6.65. The Balaban J connectivity index is 1.53. The average molecular weight is 801 g/mol. The van der Waals surface area contributed by atoms with Gasteiger partial charge in [-0.1, -0.05) is 49.6 Å². The average Bonchev–Trinajstić information content (AvgIpc) is 3.83. The molecule has 0 saturated heterocycles. The highest BCUT2D eigenvalue weighted by Gasteiger charge is 2.32. The van der Waals surface area contributed by atoms with Crippen LogP contribution in [0.15, 0.2) is 97.4 Å². The van der Waals surface area contributed by atoms with Gasteiger partial charge in [0.05, 0.1) is 68.1 Å². The molecular weight excluding hydrogens is 748 g/mol. The van der Waals surface area contributed by atoms with E-state index in [9.17, 15) is 29.4 Å². The van der Waals surface area contributed by atoms with Crippen LogP contribution in [0.2, 0.25) is 0 Å². The van der Waals surface area contributed by atoms with E-state index < -0.39 is 36.1 Å². The minimum absolute atomic E-state index is 0.0447. The maximum absolute atomic E-state index is 13.9. The lowest BCUT2D eigenvalue weighted by atomic mass is 10.1. The first-order valence-corrected chi connectivity index (χ1v) is 18.8. The lowest BCUT2D eigenvalue weighted by Crippen LogP contribution is -2.36. The SMILES string of the molecule is C=CCOC(=O)Nc1cc(OCCCOc2cc(NC(=O)OCC=C)c(C(=O)N3C=C(/C=C/C)C[C@H]3CO)cc2OC)c(C)cc1C(=O)N1C=C(/C=C/C)C[C@H]1CO. The number of aryl methyl sites for hydroxylation is 1. The third kappa shape index (κ3) is 11.4. The van der Waals surface area contributed by atoms with Crippen LogP contribution in [0.5, 0.6) is 17.2 Å². The number of aliphatic hydroxyl groups is 2. The van der Waals surface area contributed by atoms with Crippen molar-refractivity contribution in [3.05, 3.63) is 114 Å². The number of aliphatic hydroxyl groups excluding tert-OH is 2. The number of carbonyl (C=O) groups excluding carboxylic acids is 4. The van der Waals surface area contributed by atoms with Crippen molar-refractivity contribution < 1.29 is 53.1 Å². The van der Waals surface area contributed by atoms with Gasteiger partial charge in [0, 0.05) is 31.0 Å². The molecule has 2 aliphatic rings. The lowest BCUT2D eigenvalue weighted by Gasteiger charge is -2.24. The molecule has 4 amide bonds. The van der Waals surface area contributed by atoms with Crippen LogP contribution in [0.4, 0.5) is 21.0 Å². The fourth-order valence-electron chi connectivity index (χ4n) is 6.32. The smallest absolute Gasteiger partial charge is 0.411 e. The van der Waals surface area contributed by atoms with Crippen molar-refractivity contribution in [1.29, 1.82) is 0 Å². The summed E-state index contributed by atoms with van der Waals surface area (Å²) in [5.74, 6) is -0.0722. The summed E-state index contributed by atoms with van der Waals surface area (Å²) in [6.45, 7) is 12.2. The Morgan fingerprint density at radius 3 is 1.66 bits per heavy atom. The van der Waals surface area contributed by atoms with E-state index in [-0.39, 0.29) is 73.6 Å². The molecule has 310 valence electrons. The Hall–Kier alpha value is -6.32. The van der Waals surface area contributed by atoms with E-state index in [0.29, 0.717) is 30.6 Å². The zero-order valence-corrected chi connectivity index (χ0v) is 33.3. The molecule has 58 heavy (non-hydrogen) atoms. The van der Waals surface area contributed by atoms with Crippen molar-refractivity contribution in [2.75, 3.05) is 57.4 Å². The molecule has 0 aliphatic carbocycles. The first-order valence-electron chi connectivity index (χ1n) is 18.8. The Bertz CT molecular complexity index is 1970. The summed E-state index contributed by atoms with van der Waals surface area (Å²) >= 11 is 0. The quantitative estimate of drug-likeness (QED) is 0.0881. The van der Waals surface area contributed by atoms with Crippen LogP contribution in [-0.2, 0) is 9.47 Å². The van der Waals surface area contributed by atoms with E-state index in [2.05, 4.69) is 23.8 Å². The molecule has 0 fully saturated rings. The van der Waals surface area contributed by atoms with Crippen molar-refractivity contribution in [3.8, 4) is 17.2 Å². The third-order valence-electron chi connectivity index (χ3n) is 9.01. The van der Waals surface area contributed by atoms with E-state index in [0.717, 1.165) is 11.1 Å². The van der Waals surface area contributed by atoms with Gasteiger partial charge < -0.3 is 43.7 Å². The summed E-state index contributed by atoms with van der Waals surface area (Å²) in [6, 6.07) is 5.09. The van der Waals surface area contributed by atoms with Gasteiger partial charge in [0.15, 0.2) is 11.5 Å². The molecule has 15 nitrogen and oxygen atoms in total. The summed E-state index contributed by atoms with van der Waals surface area (Å²) < 4.78 is 28.0. The topological polar surface area (TPSA) is 185 Å². The molecule has 0 spiro atoms. The molecular formula is C43H52N4O11. The monoisotopic (exact) mass is 800 g/mol. The number of rotatable bonds is 19. The summed E-state index contributed by atoms with van der Waals surface area (Å²) in [4.78, 5) is 55.9. The highest BCUT2D eigenvalue weighted by molar-refractivity contribution is 6.05. The molecule has 0 unspecified atom stereocenters. The molecule has 2 aliphatic heterocycles. The minimum atomic E-state index is -0.821. The van der Waals surface area contributed by atoms with Crippen LogP contribution in [0.3, 0.4) is 0 Å². The predicted molar refractivity (Wildman–Crippen MR) is 219 cm³/mol. The number of nitrogens with one attached hydrogen (secondary N) is 2. The molecule has 0 radical (unpaired) electrons. The molecule has 0 aromatic heterocycles. The number of nitrogens with zero attached hydrogens (tertiary/aromatic N) is 2. The molecule has 0 bridgehead atoms. The molecule has 4 rings (SSSR count). The standard InChI is InChI=1S/C43H52N4O11/c1-7-12-29-19-31(26-48)46(24-29)40(50)33-18-28(5)37(22-35(33)44-42(52)57-14-9-3)55-16-11-17-56-39-23-36(45-43(53)58-15-10-4)34(21-38(39)54-6)41(51)47-25-30(13-8-2)20-32(47)27-49/h7-10,12-13,18,21-25,31-32,48-49H,3-4,11,14-17,19-20,26-27H2,1-2,5-6H3,(H,44,52)(H,45,53)/b12-7+,13-8+/t31-,32-/m0/s1. The Morgan fingerprint density at radius 1 is 0.741 bits per heavy atom. The van der Waals surface area contributed by atoms with Crippen LogP contribution >= 0.6 is 0 Å². The van der Waals surface area contributed by atoms with E-state index in [1.54, 1.807) is 31.5 Å². The highest BCUT2D eigenvalue weighted by Crippen LogP contribution is 2.37. The Kier molecular flexibility index (Phi) is 16.7. The maximum Gasteiger partial charge on any atom is 0.411 e. The largest absolute Gasteiger partial charge is 0.493 e. The fourth-order valence-corrected chi connectivity index (χ4v) is 6.32. The summed E-state index contributed by atoms with van der Waals surface area (Å²) in [5.41, 5.74) is 2.86. The second-order valence-electron chi connectivity index (χ2n) is 13.2. The summed E-state index contributed by atoms with van der Waals surface area (Å²) in [5, 5.41) is 25.3. The first-order chi connectivity index (χ1) is 28.0. The third-order valence-corrected chi connectivity index (χ3v) is 9.01. The van der Waals surface area contributed by atoms with E-state index in [1.165, 1.54) is 41.2 Å². The highest BCUT2D eigenvalue weighted by atomic mass is 16.6. The van der Waals surface area contributed by atoms with Crippen molar-refractivity contribution >= 4 is 35.4 Å². The number of benzene rings is 2. The summed E-state index contributed by atoms with van der Waals surface area (Å²) in [6.07, 6.45) is 13.3. The number of hydrogen-bond donors (Lipinski definition) is 4. The van der Waals surface area contributed by atoms with E-state index in [4.69, 9.17) is 23.7 Å². The molecule has 2 atom stereocenters. The Labute approximate surface area is 338 Å². The van der Waals surface area contributed by atoms with Crippen molar-refractivity contribution in [2.45, 2.75) is 52.1 Å². The normalized spacial score (nSPS) is 16.2. The number of ether oxygens (including phenoxy) is 5. The van der Waals surface area contributed by atoms with Gasteiger partial charge in [-0.25, -0.2) is 9.59 Å². The van der Waals surface area contributed by atoms with Gasteiger partial charge in [0.25, 0.3) is 11.8 Å². The van der Waals surface area contributed by atoms with Gasteiger partial charge in [-0.2, -0.15) is 0 Å². The van der Waals surface area contributed by atoms with Crippen molar-refractivity contribution in [3.63, 3.8) is 0 Å². The zero-order chi connectivity index (χ0) is 42.2. The van der Waals surface area contributed by atoms with Crippen molar-refractivity contribution in [2.24, 2.45) is 0 Å². The van der Waals surface area contributed by atoms with Gasteiger partial charge in [-0.05, 0) is 62.5 Å². The summed E-state index contributed by atoms with van der Waals surface area (Å²) in [7, 11) is 1.42. The van der Waals surface area contributed by atoms with Gasteiger partial charge in [0.1, 0.15) is 19.0 Å². The zero-order valence-electron chi connectivity index (χ0n) is 33.3. The van der Waals surface area contributed by atoms with Gasteiger partial charge in [-0.3, -0.25) is 20.2 Å². The minimum Gasteiger partial charge on any atom is -0.493 e. The number of anilines is 2. The first kappa shape index (κ1) is 44.4. The second-order valence-corrected chi connectivity index (χ2v) is 13.2. The lowest BCUT2D eigenvalue weighted by molar-refractivity contribution is 0.0726. The molecule has 0 saturated carbocycles. The molecule has 4 N–H and O–H groups in total. The number of methoxy groups -OCH3 is 1. The van der Waals surface area contributed by atoms with Gasteiger partial charge in [-0.15, -0.1) is 0 Å². The van der Waals surface area contributed by atoms with Crippen molar-refractivity contribution in [1.82, 2.24) is 9.80 Å². The van der Waals surface area contributed by atoms with E-state index in [1.807, 2.05) is 38.2 Å².